The second-order valence-electron chi connectivity index (χ2n) is 5.38. The van der Waals surface area contributed by atoms with Crippen LogP contribution in [0.1, 0.15) is 18.4 Å². The largest absolute Gasteiger partial charge is 0.417 e. The molecular weight excluding hydrogens is 314 g/mol. The van der Waals surface area contributed by atoms with Crippen molar-refractivity contribution < 1.29 is 13.2 Å². The number of nitrogens with two attached hydrogens (primary N) is 1. The molecule has 3 nitrogen and oxygen atoms in total. The fraction of sp³-hybridized carbons (Fsp3) is 0.583. The van der Waals surface area contributed by atoms with Crippen LogP contribution < -0.4 is 10.6 Å². The van der Waals surface area contributed by atoms with Gasteiger partial charge in [-0.1, -0.05) is 11.6 Å². The molecule has 0 amide bonds. The number of halogens is 5. The zero-order chi connectivity index (χ0) is 13.8. The minimum absolute atomic E-state index is 0. The van der Waals surface area contributed by atoms with Crippen LogP contribution in [0.4, 0.5) is 19.0 Å². The quantitative estimate of drug-likeness (QED) is 0.861. The van der Waals surface area contributed by atoms with Crippen LogP contribution in [-0.2, 0) is 6.18 Å². The lowest BCUT2D eigenvalue weighted by Crippen LogP contribution is -2.30. The van der Waals surface area contributed by atoms with Gasteiger partial charge in [-0.25, -0.2) is 4.98 Å². The molecule has 3 rings (SSSR count). The molecule has 0 unspecified atom stereocenters. The van der Waals surface area contributed by atoms with Gasteiger partial charge in [0.1, 0.15) is 5.82 Å². The first-order valence-electron chi connectivity index (χ1n) is 6.05. The Kier molecular flexibility index (Phi) is 3.86. The van der Waals surface area contributed by atoms with Crippen molar-refractivity contribution in [3.05, 3.63) is 22.8 Å². The highest BCUT2D eigenvalue weighted by atomic mass is 35.5. The first-order chi connectivity index (χ1) is 8.82. The molecule has 0 radical (unpaired) electrons. The van der Waals surface area contributed by atoms with Gasteiger partial charge in [0.25, 0.3) is 0 Å². The highest BCUT2D eigenvalue weighted by molar-refractivity contribution is 6.33. The standard InChI is InChI=1S/C12H13ClF3N3.ClH/c13-8-3-7(12(14,15)16)4-18-10(8)19-5-9(17)11(6-19)1-2-11;/h3-4,9H,1-2,5-6,17H2;1H/t9-;/m0./s1. The summed E-state index contributed by atoms with van der Waals surface area (Å²) in [5.74, 6) is 0.397. The maximum atomic E-state index is 12.5. The number of pyridine rings is 1. The van der Waals surface area contributed by atoms with E-state index in [2.05, 4.69) is 4.98 Å². The highest BCUT2D eigenvalue weighted by Crippen LogP contribution is 2.53. The first-order valence-corrected chi connectivity index (χ1v) is 6.43. The van der Waals surface area contributed by atoms with Gasteiger partial charge in [-0.3, -0.25) is 0 Å². The van der Waals surface area contributed by atoms with Crippen molar-refractivity contribution in [3.63, 3.8) is 0 Å². The summed E-state index contributed by atoms with van der Waals surface area (Å²) in [5, 5.41) is 0.0275. The Morgan fingerprint density at radius 3 is 2.50 bits per heavy atom. The second-order valence-corrected chi connectivity index (χ2v) is 5.78. The molecule has 1 aromatic heterocycles. The van der Waals surface area contributed by atoms with Crippen molar-refractivity contribution in [1.82, 2.24) is 4.98 Å². The number of rotatable bonds is 1. The Bertz CT molecular complexity index is 517. The molecule has 1 spiro atoms. The van der Waals surface area contributed by atoms with E-state index in [-0.39, 0.29) is 28.9 Å². The van der Waals surface area contributed by atoms with E-state index in [0.29, 0.717) is 12.4 Å². The molecular formula is C12H14Cl2F3N3. The Labute approximate surface area is 125 Å². The van der Waals surface area contributed by atoms with Crippen LogP contribution in [-0.4, -0.2) is 24.1 Å². The van der Waals surface area contributed by atoms with Gasteiger partial charge in [0.15, 0.2) is 0 Å². The van der Waals surface area contributed by atoms with Crippen LogP contribution in [0, 0.1) is 5.41 Å². The van der Waals surface area contributed by atoms with Crippen molar-refractivity contribution in [3.8, 4) is 0 Å². The molecule has 1 saturated heterocycles. The lowest BCUT2D eigenvalue weighted by Gasteiger charge is -2.19. The Balaban J connectivity index is 0.00000147. The van der Waals surface area contributed by atoms with Crippen molar-refractivity contribution in [2.75, 3.05) is 18.0 Å². The van der Waals surface area contributed by atoms with E-state index < -0.39 is 11.7 Å². The summed E-state index contributed by atoms with van der Waals surface area (Å²) in [6.45, 7) is 1.32. The van der Waals surface area contributed by atoms with Crippen LogP contribution in [0.2, 0.25) is 5.02 Å². The zero-order valence-corrected chi connectivity index (χ0v) is 12.0. The Hall–Kier alpha value is -0.720. The third kappa shape index (κ3) is 2.56. The number of aromatic nitrogens is 1. The number of alkyl halides is 3. The molecule has 1 saturated carbocycles. The molecule has 0 bridgehead atoms. The van der Waals surface area contributed by atoms with Crippen molar-refractivity contribution in [2.45, 2.75) is 25.1 Å². The van der Waals surface area contributed by atoms with Crippen LogP contribution in [0.3, 0.4) is 0 Å². The molecule has 2 aliphatic rings. The fourth-order valence-corrected chi connectivity index (χ4v) is 2.95. The number of nitrogens with zero attached hydrogens (tertiary/aromatic N) is 2. The van der Waals surface area contributed by atoms with E-state index in [1.165, 1.54) is 0 Å². The minimum atomic E-state index is -4.42. The monoisotopic (exact) mass is 327 g/mol. The third-order valence-corrected chi connectivity index (χ3v) is 4.33. The smallest absolute Gasteiger partial charge is 0.353 e. The van der Waals surface area contributed by atoms with Crippen LogP contribution in [0.5, 0.6) is 0 Å². The Morgan fingerprint density at radius 2 is 2.05 bits per heavy atom. The van der Waals surface area contributed by atoms with E-state index in [1.807, 2.05) is 4.90 Å². The van der Waals surface area contributed by atoms with Crippen molar-refractivity contribution >= 4 is 29.8 Å². The highest BCUT2D eigenvalue weighted by Gasteiger charge is 2.54. The minimum Gasteiger partial charge on any atom is -0.353 e. The van der Waals surface area contributed by atoms with Gasteiger partial charge >= 0.3 is 6.18 Å². The van der Waals surface area contributed by atoms with Crippen molar-refractivity contribution in [1.29, 1.82) is 0 Å². The van der Waals surface area contributed by atoms with Gasteiger partial charge in [0.05, 0.1) is 10.6 Å². The average molecular weight is 328 g/mol. The predicted octanol–water partition coefficient (Wildman–Crippen LogP) is 3.10. The topological polar surface area (TPSA) is 42.1 Å². The molecule has 1 aliphatic heterocycles. The van der Waals surface area contributed by atoms with E-state index in [0.717, 1.165) is 31.6 Å². The molecule has 1 atom stereocenters. The van der Waals surface area contributed by atoms with Gasteiger partial charge in [-0.15, -0.1) is 12.4 Å². The number of hydrogen-bond acceptors (Lipinski definition) is 3. The van der Waals surface area contributed by atoms with E-state index in [9.17, 15) is 13.2 Å². The van der Waals surface area contributed by atoms with Gasteiger partial charge in [-0.2, -0.15) is 13.2 Å². The molecule has 2 heterocycles. The Morgan fingerprint density at radius 1 is 1.40 bits per heavy atom. The summed E-state index contributed by atoms with van der Waals surface area (Å²) < 4.78 is 37.6. The third-order valence-electron chi connectivity index (χ3n) is 4.05. The molecule has 20 heavy (non-hydrogen) atoms. The van der Waals surface area contributed by atoms with E-state index >= 15 is 0 Å². The van der Waals surface area contributed by atoms with E-state index in [4.69, 9.17) is 17.3 Å². The normalized spacial score (nSPS) is 23.9. The number of anilines is 1. The second kappa shape index (κ2) is 4.93. The maximum absolute atomic E-state index is 12.5. The molecule has 0 aromatic carbocycles. The molecule has 112 valence electrons. The molecule has 2 N–H and O–H groups in total. The average Bonchev–Trinajstić information content (AvgIpc) is 3.00. The summed E-state index contributed by atoms with van der Waals surface area (Å²) in [4.78, 5) is 5.76. The molecule has 1 aliphatic carbocycles. The zero-order valence-electron chi connectivity index (χ0n) is 10.5. The fourth-order valence-electron chi connectivity index (χ4n) is 2.66. The summed E-state index contributed by atoms with van der Waals surface area (Å²) >= 11 is 5.93. The van der Waals surface area contributed by atoms with Gasteiger partial charge in [0, 0.05) is 30.7 Å². The van der Waals surface area contributed by atoms with Gasteiger partial charge < -0.3 is 10.6 Å². The molecule has 1 aromatic rings. The lowest BCUT2D eigenvalue weighted by molar-refractivity contribution is -0.137. The summed E-state index contributed by atoms with van der Waals surface area (Å²) in [7, 11) is 0. The summed E-state index contributed by atoms with van der Waals surface area (Å²) in [6.07, 6.45) is -1.45. The SMILES string of the molecule is Cl.N[C@H]1CN(c2ncc(C(F)(F)F)cc2Cl)CC12CC2. The molecule has 8 heteroatoms. The summed E-state index contributed by atoms with van der Waals surface area (Å²) in [6, 6.07) is 0.973. The summed E-state index contributed by atoms with van der Waals surface area (Å²) in [5.41, 5.74) is 5.36. The van der Waals surface area contributed by atoms with Gasteiger partial charge in [0.2, 0.25) is 0 Å². The van der Waals surface area contributed by atoms with Crippen LogP contribution in [0.15, 0.2) is 12.3 Å². The van der Waals surface area contributed by atoms with Crippen LogP contribution in [0.25, 0.3) is 0 Å². The molecule has 2 fully saturated rings. The maximum Gasteiger partial charge on any atom is 0.417 e. The van der Waals surface area contributed by atoms with Gasteiger partial charge in [-0.05, 0) is 18.9 Å². The first kappa shape index (κ1) is 15.7. The lowest BCUT2D eigenvalue weighted by atomic mass is 10.0. The number of hydrogen-bond donors (Lipinski definition) is 1. The van der Waals surface area contributed by atoms with Crippen LogP contribution >= 0.6 is 24.0 Å². The van der Waals surface area contributed by atoms with E-state index in [1.54, 1.807) is 0 Å². The predicted molar refractivity (Wildman–Crippen MR) is 73.4 cm³/mol. The van der Waals surface area contributed by atoms with Crippen molar-refractivity contribution in [2.24, 2.45) is 11.1 Å².